The number of hydrogen-bond donors (Lipinski definition) is 1. The van der Waals surface area contributed by atoms with Gasteiger partial charge in [0.05, 0.1) is 5.01 Å². The largest absolute Gasteiger partial charge is 0.370 e. The predicted octanol–water partition coefficient (Wildman–Crippen LogP) is 1.44. The summed E-state index contributed by atoms with van der Waals surface area (Å²) in [6.07, 6.45) is 4.13. The molecule has 1 aliphatic heterocycles. The lowest BCUT2D eigenvalue weighted by molar-refractivity contribution is 0.222. The Morgan fingerprint density at radius 3 is 2.52 bits per heavy atom. The van der Waals surface area contributed by atoms with E-state index < -0.39 is 10.0 Å². The van der Waals surface area contributed by atoms with E-state index in [4.69, 9.17) is 0 Å². The van der Waals surface area contributed by atoms with Crippen molar-refractivity contribution in [1.29, 1.82) is 0 Å². The summed E-state index contributed by atoms with van der Waals surface area (Å²) in [5.41, 5.74) is 0. The Labute approximate surface area is 152 Å². The molecule has 0 aromatic carbocycles. The van der Waals surface area contributed by atoms with Crippen molar-refractivity contribution < 1.29 is 8.42 Å². The molecule has 1 saturated heterocycles. The van der Waals surface area contributed by atoms with Crippen LogP contribution in [-0.4, -0.2) is 67.4 Å². The van der Waals surface area contributed by atoms with Gasteiger partial charge >= 0.3 is 0 Å². The second-order valence-electron chi connectivity index (χ2n) is 6.13. The molecule has 0 bridgehead atoms. The molecule has 0 spiro atoms. The Bertz CT molecular complexity index is 796. The van der Waals surface area contributed by atoms with Gasteiger partial charge in [0.1, 0.15) is 10.7 Å². The Hall–Kier alpha value is -1.55. The molecular formula is C16H23N5O2S2. The molecule has 9 heteroatoms. The summed E-state index contributed by atoms with van der Waals surface area (Å²) in [5.74, 6) is 0.672. The average molecular weight is 382 g/mol. The first-order chi connectivity index (χ1) is 11.9. The highest BCUT2D eigenvalue weighted by atomic mass is 32.2. The van der Waals surface area contributed by atoms with Gasteiger partial charge in [-0.2, -0.15) is 4.31 Å². The third-order valence-corrected chi connectivity index (χ3v) is 7.01. The Morgan fingerprint density at radius 1 is 1.16 bits per heavy atom. The average Bonchev–Trinajstić information content (AvgIpc) is 3.01. The highest BCUT2D eigenvalue weighted by molar-refractivity contribution is 7.89. The van der Waals surface area contributed by atoms with Crippen LogP contribution in [0.15, 0.2) is 29.4 Å². The van der Waals surface area contributed by atoms with Gasteiger partial charge in [-0.05, 0) is 26.1 Å². The number of nitrogens with zero attached hydrogens (tertiary/aromatic N) is 4. The Morgan fingerprint density at radius 2 is 1.92 bits per heavy atom. The molecule has 2 aromatic rings. The van der Waals surface area contributed by atoms with Crippen molar-refractivity contribution in [1.82, 2.24) is 19.2 Å². The fourth-order valence-electron chi connectivity index (χ4n) is 2.63. The van der Waals surface area contributed by atoms with Gasteiger partial charge in [-0.3, -0.25) is 0 Å². The van der Waals surface area contributed by atoms with Gasteiger partial charge in [0.25, 0.3) is 0 Å². The maximum atomic E-state index is 12.6. The van der Waals surface area contributed by atoms with Crippen LogP contribution in [0.3, 0.4) is 0 Å². The van der Waals surface area contributed by atoms with Crippen molar-refractivity contribution in [3.8, 4) is 0 Å². The van der Waals surface area contributed by atoms with E-state index in [-0.39, 0.29) is 4.90 Å². The van der Waals surface area contributed by atoms with Crippen molar-refractivity contribution in [3.63, 3.8) is 0 Å². The zero-order valence-corrected chi connectivity index (χ0v) is 16.1. The number of sulfonamides is 1. The van der Waals surface area contributed by atoms with Crippen LogP contribution in [0, 0.1) is 6.92 Å². The van der Waals surface area contributed by atoms with Gasteiger partial charge in [0.15, 0.2) is 0 Å². The second-order valence-corrected chi connectivity index (χ2v) is 9.39. The summed E-state index contributed by atoms with van der Waals surface area (Å²) in [6, 6.07) is 3.34. The highest BCUT2D eigenvalue weighted by Gasteiger charge is 2.27. The number of rotatable bonds is 6. The van der Waals surface area contributed by atoms with E-state index in [1.165, 1.54) is 15.4 Å². The minimum Gasteiger partial charge on any atom is -0.370 e. The van der Waals surface area contributed by atoms with E-state index in [1.807, 2.05) is 20.2 Å². The summed E-state index contributed by atoms with van der Waals surface area (Å²) in [6.45, 7) is 5.30. The maximum Gasteiger partial charge on any atom is 0.244 e. The molecule has 3 heterocycles. The van der Waals surface area contributed by atoms with Crippen molar-refractivity contribution in [2.24, 2.45) is 0 Å². The standard InChI is InChI=1S/C16H23N5O2S2/c1-13-11-19-16(24-13)5-6-17-15-4-3-14(12-18-15)25(22,23)21-9-7-20(2)8-10-21/h3-4,11-12H,5-10H2,1-2H3,(H,17,18). The normalized spacial score (nSPS) is 16.9. The van der Waals surface area contributed by atoms with E-state index in [0.29, 0.717) is 25.5 Å². The number of thiazole rings is 1. The summed E-state index contributed by atoms with van der Waals surface area (Å²) in [5, 5.41) is 4.29. The van der Waals surface area contributed by atoms with Crippen molar-refractivity contribution in [3.05, 3.63) is 34.4 Å². The van der Waals surface area contributed by atoms with Crippen LogP contribution in [0.5, 0.6) is 0 Å². The first-order valence-corrected chi connectivity index (χ1v) is 10.5. The minimum absolute atomic E-state index is 0.248. The number of anilines is 1. The van der Waals surface area contributed by atoms with Crippen LogP contribution in [0.2, 0.25) is 0 Å². The molecule has 7 nitrogen and oxygen atoms in total. The fourth-order valence-corrected chi connectivity index (χ4v) is 4.78. The van der Waals surface area contributed by atoms with Gasteiger partial charge in [0.2, 0.25) is 10.0 Å². The number of pyridine rings is 1. The molecule has 0 aliphatic carbocycles. The van der Waals surface area contributed by atoms with Crippen LogP contribution in [0.1, 0.15) is 9.88 Å². The Balaban J connectivity index is 1.57. The van der Waals surface area contributed by atoms with Crippen LogP contribution in [0.25, 0.3) is 0 Å². The molecule has 1 aliphatic rings. The van der Waals surface area contributed by atoms with Crippen LogP contribution < -0.4 is 5.32 Å². The third kappa shape index (κ3) is 4.55. The zero-order valence-electron chi connectivity index (χ0n) is 14.5. The minimum atomic E-state index is -3.45. The molecule has 1 fully saturated rings. The first-order valence-electron chi connectivity index (χ1n) is 8.25. The fraction of sp³-hybridized carbons (Fsp3) is 0.500. The van der Waals surface area contributed by atoms with Crippen molar-refractivity contribution in [2.75, 3.05) is 45.1 Å². The van der Waals surface area contributed by atoms with E-state index in [9.17, 15) is 8.42 Å². The maximum absolute atomic E-state index is 12.6. The summed E-state index contributed by atoms with van der Waals surface area (Å²) in [4.78, 5) is 12.1. The van der Waals surface area contributed by atoms with Gasteiger partial charge in [-0.25, -0.2) is 18.4 Å². The quantitative estimate of drug-likeness (QED) is 0.816. The zero-order chi connectivity index (χ0) is 17.9. The van der Waals surface area contributed by atoms with E-state index in [1.54, 1.807) is 23.5 Å². The molecule has 0 radical (unpaired) electrons. The van der Waals surface area contributed by atoms with Crippen LogP contribution in [0.4, 0.5) is 5.82 Å². The number of nitrogens with one attached hydrogen (secondary N) is 1. The lowest BCUT2D eigenvalue weighted by atomic mass is 10.4. The van der Waals surface area contributed by atoms with Gasteiger partial charge in [-0.15, -0.1) is 11.3 Å². The molecule has 0 saturated carbocycles. The number of aryl methyl sites for hydroxylation is 1. The third-order valence-electron chi connectivity index (χ3n) is 4.15. The monoisotopic (exact) mass is 381 g/mol. The number of likely N-dealkylation sites (N-methyl/N-ethyl adjacent to an activating group) is 1. The molecule has 0 amide bonds. The summed E-state index contributed by atoms with van der Waals surface area (Å²) >= 11 is 1.68. The van der Waals surface area contributed by atoms with E-state index >= 15 is 0 Å². The topological polar surface area (TPSA) is 78.4 Å². The van der Waals surface area contributed by atoms with Gasteiger partial charge in [-0.1, -0.05) is 0 Å². The lowest BCUT2D eigenvalue weighted by Gasteiger charge is -2.31. The smallest absolute Gasteiger partial charge is 0.244 e. The summed E-state index contributed by atoms with van der Waals surface area (Å²) < 4.78 is 26.8. The van der Waals surface area contributed by atoms with E-state index in [2.05, 4.69) is 20.2 Å². The number of aromatic nitrogens is 2. The summed E-state index contributed by atoms with van der Waals surface area (Å²) in [7, 11) is -1.46. The van der Waals surface area contributed by atoms with Crippen LogP contribution in [-0.2, 0) is 16.4 Å². The Kier molecular flexibility index (Phi) is 5.67. The van der Waals surface area contributed by atoms with Crippen molar-refractivity contribution >= 4 is 27.2 Å². The van der Waals surface area contributed by atoms with Gasteiger partial charge in [0, 0.05) is 56.4 Å². The molecule has 2 aromatic heterocycles. The molecule has 136 valence electrons. The molecule has 25 heavy (non-hydrogen) atoms. The van der Waals surface area contributed by atoms with E-state index in [0.717, 1.165) is 24.5 Å². The van der Waals surface area contributed by atoms with Crippen molar-refractivity contribution in [2.45, 2.75) is 18.2 Å². The predicted molar refractivity (Wildman–Crippen MR) is 99.5 cm³/mol. The lowest BCUT2D eigenvalue weighted by Crippen LogP contribution is -2.47. The molecule has 0 atom stereocenters. The number of piperazine rings is 1. The molecule has 0 unspecified atom stereocenters. The molecule has 1 N–H and O–H groups in total. The number of hydrogen-bond acceptors (Lipinski definition) is 7. The van der Waals surface area contributed by atoms with Gasteiger partial charge < -0.3 is 10.2 Å². The van der Waals surface area contributed by atoms with Crippen LogP contribution >= 0.6 is 11.3 Å². The highest BCUT2D eigenvalue weighted by Crippen LogP contribution is 2.18. The second kappa shape index (κ2) is 7.77. The molecular weight excluding hydrogens is 358 g/mol. The first kappa shape index (κ1) is 18.2. The molecule has 3 rings (SSSR count). The SMILES string of the molecule is Cc1cnc(CCNc2ccc(S(=O)(=O)N3CCN(C)CC3)cn2)s1.